The monoisotopic (exact) mass is 543 g/mol. The highest BCUT2D eigenvalue weighted by atomic mass is 19.4. The largest absolute Gasteiger partial charge is 0.486 e. The molecule has 4 aromatic heterocycles. The van der Waals surface area contributed by atoms with Gasteiger partial charge in [0.25, 0.3) is 5.56 Å². The molecular formula is C27H25F4N5O3. The summed E-state index contributed by atoms with van der Waals surface area (Å²) in [5.74, 6) is -1.34. The number of aromatic nitrogens is 5. The zero-order valence-electron chi connectivity index (χ0n) is 21.8. The second-order valence-electron chi connectivity index (χ2n) is 9.57. The number of aryl methyl sites for hydroxylation is 3. The number of ether oxygens (including phenoxy) is 1. The van der Waals surface area contributed by atoms with E-state index in [0.717, 1.165) is 10.6 Å². The normalized spacial score (nSPS) is 12.1. The highest BCUT2D eigenvalue weighted by Gasteiger charge is 2.39. The van der Waals surface area contributed by atoms with Crippen molar-refractivity contribution in [3.05, 3.63) is 92.9 Å². The Hall–Kier alpha value is -4.19. The molecule has 0 spiro atoms. The van der Waals surface area contributed by atoms with Gasteiger partial charge in [0.2, 0.25) is 0 Å². The minimum absolute atomic E-state index is 0.123. The summed E-state index contributed by atoms with van der Waals surface area (Å²) in [5, 5.41) is 10.3. The third-order valence-corrected chi connectivity index (χ3v) is 5.84. The van der Waals surface area contributed by atoms with Crippen LogP contribution < -0.4 is 10.3 Å². The molecule has 0 amide bonds. The zero-order valence-corrected chi connectivity index (χ0v) is 21.8. The fraction of sp³-hybridized carbons (Fsp3) is 0.296. The summed E-state index contributed by atoms with van der Waals surface area (Å²) in [6.07, 6.45) is -0.874. The number of rotatable bonds is 6. The molecule has 39 heavy (non-hydrogen) atoms. The van der Waals surface area contributed by atoms with E-state index in [0.29, 0.717) is 16.8 Å². The van der Waals surface area contributed by atoms with E-state index in [-0.39, 0.29) is 28.6 Å². The highest BCUT2D eigenvalue weighted by Crippen LogP contribution is 2.35. The minimum Gasteiger partial charge on any atom is -0.486 e. The molecule has 0 unspecified atom stereocenters. The smallest absolute Gasteiger partial charge is 0.425 e. The molecule has 204 valence electrons. The van der Waals surface area contributed by atoms with Gasteiger partial charge in [-0.2, -0.15) is 13.2 Å². The number of halogens is 4. The van der Waals surface area contributed by atoms with Crippen LogP contribution in [0.2, 0.25) is 0 Å². The second-order valence-corrected chi connectivity index (χ2v) is 9.57. The van der Waals surface area contributed by atoms with Gasteiger partial charge in [0.15, 0.2) is 11.4 Å². The van der Waals surface area contributed by atoms with Crippen molar-refractivity contribution in [2.45, 2.75) is 53.0 Å². The van der Waals surface area contributed by atoms with E-state index in [2.05, 4.69) is 19.9 Å². The van der Waals surface area contributed by atoms with E-state index in [1.165, 1.54) is 57.6 Å². The van der Waals surface area contributed by atoms with Gasteiger partial charge in [-0.1, -0.05) is 0 Å². The molecule has 0 aliphatic carbocycles. The zero-order chi connectivity index (χ0) is 28.7. The summed E-state index contributed by atoms with van der Waals surface area (Å²) in [4.78, 5) is 29.9. The molecule has 0 aliphatic rings. The molecule has 4 aromatic rings. The van der Waals surface area contributed by atoms with Crippen LogP contribution in [0.1, 0.15) is 47.8 Å². The van der Waals surface area contributed by atoms with Crippen molar-refractivity contribution in [2.24, 2.45) is 0 Å². The summed E-state index contributed by atoms with van der Waals surface area (Å²) >= 11 is 0. The topological polar surface area (TPSA) is 103 Å². The van der Waals surface area contributed by atoms with E-state index in [4.69, 9.17) is 4.74 Å². The SMILES string of the molecule is Cc1cnc(COc2cc(C)n(-c3cc(-c4ccnc(C(C)(C)O)n4)ncc3C)c(=O)c2C(F)(F)F)c(F)c1. The summed E-state index contributed by atoms with van der Waals surface area (Å²) in [5.41, 5.74) is -2.63. The van der Waals surface area contributed by atoms with E-state index in [9.17, 15) is 27.5 Å². The lowest BCUT2D eigenvalue weighted by Gasteiger charge is -2.20. The predicted molar refractivity (Wildman–Crippen MR) is 134 cm³/mol. The van der Waals surface area contributed by atoms with Gasteiger partial charge in [0.1, 0.15) is 29.5 Å². The van der Waals surface area contributed by atoms with Crippen molar-refractivity contribution >= 4 is 0 Å². The van der Waals surface area contributed by atoms with Crippen LogP contribution in [0.4, 0.5) is 17.6 Å². The molecule has 0 saturated heterocycles. The Morgan fingerprint density at radius 1 is 1.00 bits per heavy atom. The van der Waals surface area contributed by atoms with Crippen LogP contribution in [0, 0.1) is 26.6 Å². The number of hydrogen-bond donors (Lipinski definition) is 1. The van der Waals surface area contributed by atoms with Crippen LogP contribution in [-0.2, 0) is 18.4 Å². The van der Waals surface area contributed by atoms with E-state index in [1.807, 2.05) is 0 Å². The minimum atomic E-state index is -5.07. The second kappa shape index (κ2) is 10.2. The molecule has 8 nitrogen and oxygen atoms in total. The molecule has 0 aliphatic heterocycles. The molecule has 0 fully saturated rings. The Balaban J connectivity index is 1.83. The molecule has 1 N–H and O–H groups in total. The highest BCUT2D eigenvalue weighted by molar-refractivity contribution is 5.59. The van der Waals surface area contributed by atoms with Crippen molar-refractivity contribution in [1.82, 2.24) is 24.5 Å². The van der Waals surface area contributed by atoms with E-state index in [1.54, 1.807) is 13.8 Å². The van der Waals surface area contributed by atoms with Crippen LogP contribution in [0.5, 0.6) is 5.75 Å². The Morgan fingerprint density at radius 3 is 2.36 bits per heavy atom. The van der Waals surface area contributed by atoms with Gasteiger partial charge in [-0.05, 0) is 63.9 Å². The Labute approximate surface area is 221 Å². The van der Waals surface area contributed by atoms with E-state index < -0.39 is 41.1 Å². The van der Waals surface area contributed by atoms with Crippen molar-refractivity contribution < 1.29 is 27.4 Å². The quantitative estimate of drug-likeness (QED) is 0.343. The summed E-state index contributed by atoms with van der Waals surface area (Å²) in [6.45, 7) is 7.09. The third kappa shape index (κ3) is 5.80. The van der Waals surface area contributed by atoms with E-state index >= 15 is 0 Å². The van der Waals surface area contributed by atoms with Crippen molar-refractivity contribution in [1.29, 1.82) is 0 Å². The maximum Gasteiger partial charge on any atom is 0.425 e. The molecule has 12 heteroatoms. The van der Waals surface area contributed by atoms with Crippen LogP contribution >= 0.6 is 0 Å². The van der Waals surface area contributed by atoms with Gasteiger partial charge in [-0.15, -0.1) is 0 Å². The van der Waals surface area contributed by atoms with Gasteiger partial charge in [0.05, 0.1) is 17.1 Å². The number of hydrogen-bond acceptors (Lipinski definition) is 7. The summed E-state index contributed by atoms with van der Waals surface area (Å²) in [7, 11) is 0. The maximum atomic E-state index is 14.2. The first-order valence-electron chi connectivity index (χ1n) is 11.8. The predicted octanol–water partition coefficient (Wildman–Crippen LogP) is 4.97. The third-order valence-electron chi connectivity index (χ3n) is 5.84. The lowest BCUT2D eigenvalue weighted by atomic mass is 10.1. The van der Waals surface area contributed by atoms with Gasteiger partial charge >= 0.3 is 6.18 Å². The molecule has 0 aromatic carbocycles. The fourth-order valence-corrected chi connectivity index (χ4v) is 3.88. The standard InChI is InChI=1S/C27H25F4N5O3/c1-14-8-17(28)20(33-11-14)13-39-22-9-16(3)36(24(37)23(22)27(29,30)31)21-10-19(34-12-15(21)2)18-6-7-32-25(35-18)26(4,5)38/h6-12,38H,13H2,1-5H3. The molecule has 0 saturated carbocycles. The number of aliphatic hydroxyl groups is 1. The van der Waals surface area contributed by atoms with Gasteiger partial charge in [-0.25, -0.2) is 14.4 Å². The van der Waals surface area contributed by atoms with Crippen molar-refractivity contribution in [2.75, 3.05) is 0 Å². The van der Waals surface area contributed by atoms with Crippen molar-refractivity contribution in [3.63, 3.8) is 0 Å². The number of nitrogens with zero attached hydrogens (tertiary/aromatic N) is 5. The molecule has 0 bridgehead atoms. The Bertz CT molecular complexity index is 1610. The average molecular weight is 544 g/mol. The van der Waals surface area contributed by atoms with Gasteiger partial charge in [0, 0.05) is 30.4 Å². The summed E-state index contributed by atoms with van der Waals surface area (Å²) < 4.78 is 62.9. The first kappa shape index (κ1) is 27.8. The van der Waals surface area contributed by atoms with Crippen molar-refractivity contribution in [3.8, 4) is 22.8 Å². The lowest BCUT2D eigenvalue weighted by Crippen LogP contribution is -2.30. The molecular weight excluding hydrogens is 518 g/mol. The Kier molecular flexibility index (Phi) is 7.26. The number of pyridine rings is 3. The molecule has 4 rings (SSSR count). The lowest BCUT2D eigenvalue weighted by molar-refractivity contribution is -0.140. The van der Waals surface area contributed by atoms with Crippen LogP contribution in [0.3, 0.4) is 0 Å². The van der Waals surface area contributed by atoms with Crippen LogP contribution in [-0.4, -0.2) is 29.6 Å². The first-order chi connectivity index (χ1) is 18.2. The molecule has 4 heterocycles. The number of alkyl halides is 3. The summed E-state index contributed by atoms with van der Waals surface area (Å²) in [6, 6.07) is 5.23. The van der Waals surface area contributed by atoms with Gasteiger partial charge < -0.3 is 9.84 Å². The first-order valence-corrected chi connectivity index (χ1v) is 11.8. The van der Waals surface area contributed by atoms with Crippen LogP contribution in [0.15, 0.2) is 47.7 Å². The Morgan fingerprint density at radius 2 is 1.72 bits per heavy atom. The molecule has 0 atom stereocenters. The van der Waals surface area contributed by atoms with Crippen LogP contribution in [0.25, 0.3) is 17.1 Å². The maximum absolute atomic E-state index is 14.2. The molecule has 0 radical (unpaired) electrons. The van der Waals surface area contributed by atoms with Gasteiger partial charge in [-0.3, -0.25) is 19.3 Å². The average Bonchev–Trinajstić information content (AvgIpc) is 2.83. The fourth-order valence-electron chi connectivity index (χ4n) is 3.88.